The molecule has 1 saturated carbocycles. The van der Waals surface area contributed by atoms with E-state index in [0.717, 1.165) is 38.6 Å². The predicted octanol–water partition coefficient (Wildman–Crippen LogP) is 0.623. The van der Waals surface area contributed by atoms with Crippen LogP contribution >= 0.6 is 0 Å². The van der Waals surface area contributed by atoms with Gasteiger partial charge in [-0.05, 0) is 38.6 Å². The standard InChI is InChI=1S/C12H22N2O2/c1-10-9-14(5-2-6-16-10)12(15)8-13-7-11-3-4-11/h10-11,13H,2-9H2,1H3. The van der Waals surface area contributed by atoms with Crippen LogP contribution in [0.15, 0.2) is 0 Å². The maximum Gasteiger partial charge on any atom is 0.236 e. The molecule has 16 heavy (non-hydrogen) atoms. The summed E-state index contributed by atoms with van der Waals surface area (Å²) >= 11 is 0. The molecular weight excluding hydrogens is 204 g/mol. The average molecular weight is 226 g/mol. The molecular formula is C12H22N2O2. The molecule has 1 saturated heterocycles. The summed E-state index contributed by atoms with van der Waals surface area (Å²) in [6, 6.07) is 0. The number of nitrogens with one attached hydrogen (secondary N) is 1. The third kappa shape index (κ3) is 3.76. The van der Waals surface area contributed by atoms with E-state index in [1.165, 1.54) is 12.8 Å². The number of ether oxygens (including phenoxy) is 1. The normalized spacial score (nSPS) is 26.6. The van der Waals surface area contributed by atoms with E-state index < -0.39 is 0 Å². The summed E-state index contributed by atoms with van der Waals surface area (Å²) in [5, 5.41) is 3.25. The van der Waals surface area contributed by atoms with E-state index in [4.69, 9.17) is 4.74 Å². The molecule has 2 rings (SSSR count). The van der Waals surface area contributed by atoms with Crippen LogP contribution in [0.1, 0.15) is 26.2 Å². The Balaban J connectivity index is 1.68. The van der Waals surface area contributed by atoms with Crippen molar-refractivity contribution in [3.05, 3.63) is 0 Å². The summed E-state index contributed by atoms with van der Waals surface area (Å²) in [6.07, 6.45) is 3.79. The predicted molar refractivity (Wildman–Crippen MR) is 62.2 cm³/mol. The van der Waals surface area contributed by atoms with Gasteiger partial charge >= 0.3 is 0 Å². The van der Waals surface area contributed by atoms with Gasteiger partial charge in [-0.15, -0.1) is 0 Å². The van der Waals surface area contributed by atoms with Gasteiger partial charge in [0.2, 0.25) is 5.91 Å². The van der Waals surface area contributed by atoms with Crippen molar-refractivity contribution in [2.24, 2.45) is 5.92 Å². The van der Waals surface area contributed by atoms with Crippen LogP contribution in [0.25, 0.3) is 0 Å². The van der Waals surface area contributed by atoms with Crippen LogP contribution in [0, 0.1) is 5.92 Å². The van der Waals surface area contributed by atoms with Gasteiger partial charge in [-0.1, -0.05) is 0 Å². The minimum Gasteiger partial charge on any atom is -0.377 e. The first-order valence-corrected chi connectivity index (χ1v) is 6.36. The molecule has 0 aromatic rings. The Morgan fingerprint density at radius 2 is 2.31 bits per heavy atom. The zero-order chi connectivity index (χ0) is 11.4. The molecule has 1 unspecified atom stereocenters. The fraction of sp³-hybridized carbons (Fsp3) is 0.917. The lowest BCUT2D eigenvalue weighted by molar-refractivity contribution is -0.130. The first-order chi connectivity index (χ1) is 7.75. The van der Waals surface area contributed by atoms with Gasteiger partial charge in [0.15, 0.2) is 0 Å². The van der Waals surface area contributed by atoms with E-state index in [-0.39, 0.29) is 12.0 Å². The molecule has 1 aliphatic heterocycles. The highest BCUT2D eigenvalue weighted by Crippen LogP contribution is 2.27. The van der Waals surface area contributed by atoms with Crippen molar-refractivity contribution in [2.45, 2.75) is 32.3 Å². The maximum absolute atomic E-state index is 11.9. The second kappa shape index (κ2) is 5.64. The van der Waals surface area contributed by atoms with Crippen LogP contribution < -0.4 is 5.32 Å². The lowest BCUT2D eigenvalue weighted by atomic mass is 10.3. The summed E-state index contributed by atoms with van der Waals surface area (Å²) in [7, 11) is 0. The zero-order valence-electron chi connectivity index (χ0n) is 10.1. The van der Waals surface area contributed by atoms with Crippen LogP contribution in [-0.2, 0) is 9.53 Å². The molecule has 92 valence electrons. The SMILES string of the molecule is CC1CN(C(=O)CNCC2CC2)CCCO1. The highest BCUT2D eigenvalue weighted by Gasteiger charge is 2.22. The minimum absolute atomic E-state index is 0.176. The van der Waals surface area contributed by atoms with Gasteiger partial charge in [-0.2, -0.15) is 0 Å². The second-order valence-corrected chi connectivity index (χ2v) is 4.95. The number of nitrogens with zero attached hydrogens (tertiary/aromatic N) is 1. The molecule has 2 fully saturated rings. The van der Waals surface area contributed by atoms with E-state index in [2.05, 4.69) is 5.32 Å². The Bertz CT molecular complexity index is 241. The zero-order valence-corrected chi connectivity index (χ0v) is 10.1. The van der Waals surface area contributed by atoms with Crippen molar-refractivity contribution in [1.82, 2.24) is 10.2 Å². The van der Waals surface area contributed by atoms with Crippen LogP contribution in [0.5, 0.6) is 0 Å². The Morgan fingerprint density at radius 3 is 3.06 bits per heavy atom. The average Bonchev–Trinajstić information content (AvgIpc) is 3.05. The van der Waals surface area contributed by atoms with Crippen molar-refractivity contribution < 1.29 is 9.53 Å². The Hall–Kier alpha value is -0.610. The largest absolute Gasteiger partial charge is 0.377 e. The molecule has 1 heterocycles. The number of carbonyl (C=O) groups excluding carboxylic acids is 1. The molecule has 1 N–H and O–H groups in total. The summed E-state index contributed by atoms with van der Waals surface area (Å²) in [5.41, 5.74) is 0. The van der Waals surface area contributed by atoms with Crippen molar-refractivity contribution >= 4 is 5.91 Å². The topological polar surface area (TPSA) is 41.6 Å². The number of carbonyl (C=O) groups is 1. The van der Waals surface area contributed by atoms with E-state index in [1.807, 2.05) is 11.8 Å². The minimum atomic E-state index is 0.176. The number of hydrogen-bond acceptors (Lipinski definition) is 3. The van der Waals surface area contributed by atoms with Gasteiger partial charge in [0.1, 0.15) is 0 Å². The van der Waals surface area contributed by atoms with Gasteiger partial charge in [-0.3, -0.25) is 4.79 Å². The van der Waals surface area contributed by atoms with E-state index in [9.17, 15) is 4.79 Å². The van der Waals surface area contributed by atoms with Crippen molar-refractivity contribution in [3.63, 3.8) is 0 Å². The molecule has 0 radical (unpaired) electrons. The second-order valence-electron chi connectivity index (χ2n) is 4.95. The summed E-state index contributed by atoms with van der Waals surface area (Å²) in [6.45, 7) is 5.89. The molecule has 0 spiro atoms. The van der Waals surface area contributed by atoms with E-state index in [1.54, 1.807) is 0 Å². The molecule has 0 aromatic carbocycles. The van der Waals surface area contributed by atoms with Crippen molar-refractivity contribution in [1.29, 1.82) is 0 Å². The highest BCUT2D eigenvalue weighted by molar-refractivity contribution is 5.78. The van der Waals surface area contributed by atoms with Crippen LogP contribution in [0.4, 0.5) is 0 Å². The van der Waals surface area contributed by atoms with E-state index >= 15 is 0 Å². The molecule has 4 heteroatoms. The molecule has 4 nitrogen and oxygen atoms in total. The van der Waals surface area contributed by atoms with Crippen LogP contribution in [0.3, 0.4) is 0 Å². The van der Waals surface area contributed by atoms with Gasteiger partial charge in [-0.25, -0.2) is 0 Å². The van der Waals surface area contributed by atoms with Gasteiger partial charge < -0.3 is 15.0 Å². The summed E-state index contributed by atoms with van der Waals surface area (Å²) in [5.74, 6) is 1.05. The Kier molecular flexibility index (Phi) is 4.18. The fourth-order valence-corrected chi connectivity index (χ4v) is 2.04. The fourth-order valence-electron chi connectivity index (χ4n) is 2.04. The van der Waals surface area contributed by atoms with Gasteiger partial charge in [0.05, 0.1) is 12.6 Å². The molecule has 1 atom stereocenters. The monoisotopic (exact) mass is 226 g/mol. The van der Waals surface area contributed by atoms with Crippen LogP contribution in [-0.4, -0.2) is 49.7 Å². The molecule has 1 amide bonds. The van der Waals surface area contributed by atoms with E-state index in [0.29, 0.717) is 6.54 Å². The molecule has 0 bridgehead atoms. The van der Waals surface area contributed by atoms with Crippen LogP contribution in [0.2, 0.25) is 0 Å². The highest BCUT2D eigenvalue weighted by atomic mass is 16.5. The Morgan fingerprint density at radius 1 is 1.50 bits per heavy atom. The lowest BCUT2D eigenvalue weighted by Gasteiger charge is -2.22. The third-order valence-electron chi connectivity index (χ3n) is 3.21. The first-order valence-electron chi connectivity index (χ1n) is 6.36. The van der Waals surface area contributed by atoms with Crippen molar-refractivity contribution in [3.8, 4) is 0 Å². The smallest absolute Gasteiger partial charge is 0.236 e. The quantitative estimate of drug-likeness (QED) is 0.764. The lowest BCUT2D eigenvalue weighted by Crippen LogP contribution is -2.41. The number of amides is 1. The summed E-state index contributed by atoms with van der Waals surface area (Å²) < 4.78 is 5.52. The van der Waals surface area contributed by atoms with Gasteiger partial charge in [0.25, 0.3) is 0 Å². The first kappa shape index (κ1) is 11.9. The van der Waals surface area contributed by atoms with Crippen molar-refractivity contribution in [2.75, 3.05) is 32.8 Å². The molecule has 1 aliphatic carbocycles. The Labute approximate surface area is 97.3 Å². The van der Waals surface area contributed by atoms with Gasteiger partial charge in [0, 0.05) is 19.7 Å². The number of rotatable bonds is 4. The molecule has 0 aromatic heterocycles. The molecule has 2 aliphatic rings. The third-order valence-corrected chi connectivity index (χ3v) is 3.21. The number of hydrogen-bond donors (Lipinski definition) is 1. The summed E-state index contributed by atoms with van der Waals surface area (Å²) in [4.78, 5) is 13.8. The maximum atomic E-state index is 11.9.